The minimum Gasteiger partial charge on any atom is -0.367 e. The van der Waals surface area contributed by atoms with Crippen LogP contribution in [0.15, 0.2) is 35.6 Å². The molecule has 1 atom stereocenters. The number of amides is 2. The van der Waals surface area contributed by atoms with Crippen LogP contribution in [0, 0.1) is 20.8 Å². The van der Waals surface area contributed by atoms with Crippen LogP contribution in [0.25, 0.3) is 0 Å². The molecule has 176 valence electrons. The Hall–Kier alpha value is -3.06. The van der Waals surface area contributed by atoms with E-state index in [0.29, 0.717) is 35.8 Å². The van der Waals surface area contributed by atoms with Gasteiger partial charge in [0.2, 0.25) is 5.91 Å². The number of benzene rings is 1. The van der Waals surface area contributed by atoms with Crippen molar-refractivity contribution >= 4 is 29.1 Å². The minimum absolute atomic E-state index is 0.0715. The molecule has 33 heavy (non-hydrogen) atoms. The van der Waals surface area contributed by atoms with Gasteiger partial charge in [-0.25, -0.2) is 0 Å². The molecule has 3 rings (SSSR count). The summed E-state index contributed by atoms with van der Waals surface area (Å²) in [5, 5.41) is 3.33. The number of anilines is 1. The van der Waals surface area contributed by atoms with Crippen LogP contribution in [0.3, 0.4) is 0 Å². The molecule has 0 bridgehead atoms. The molecule has 2 aromatic rings. The highest BCUT2D eigenvalue weighted by Gasteiger charge is 2.30. The molecule has 1 aliphatic rings. The monoisotopic (exact) mass is 470 g/mol. The second-order valence-corrected chi connectivity index (χ2v) is 8.88. The van der Waals surface area contributed by atoms with Crippen LogP contribution in [0.1, 0.15) is 46.1 Å². The van der Waals surface area contributed by atoms with Gasteiger partial charge < -0.3 is 20.1 Å². The highest BCUT2D eigenvalue weighted by atomic mass is 35.5. The van der Waals surface area contributed by atoms with E-state index in [4.69, 9.17) is 11.6 Å². The zero-order valence-corrected chi connectivity index (χ0v) is 20.4. The van der Waals surface area contributed by atoms with Crippen molar-refractivity contribution in [1.29, 1.82) is 0 Å². The fourth-order valence-electron chi connectivity index (χ4n) is 4.51. The van der Waals surface area contributed by atoms with E-state index in [1.165, 1.54) is 6.08 Å². The lowest BCUT2D eigenvalue weighted by Crippen LogP contribution is -2.39. The third kappa shape index (κ3) is 5.30. The number of likely N-dealkylation sites (N-methyl/N-ethyl adjacent to an activating group) is 1. The van der Waals surface area contributed by atoms with Crippen molar-refractivity contribution < 1.29 is 9.59 Å². The molecule has 7 nitrogen and oxygen atoms in total. The predicted octanol–water partition coefficient (Wildman–Crippen LogP) is 3.50. The number of aryl methyl sites for hydroxylation is 2. The number of H-pyrrole nitrogens is 1. The predicted molar refractivity (Wildman–Crippen MR) is 132 cm³/mol. The summed E-state index contributed by atoms with van der Waals surface area (Å²) in [5.41, 5.74) is 4.09. The maximum atomic E-state index is 13.1. The fraction of sp³-hybridized carbons (Fsp3) is 0.400. The van der Waals surface area contributed by atoms with Crippen molar-refractivity contribution in [3.63, 3.8) is 0 Å². The number of pyridine rings is 1. The standard InChI is InChI=1S/C25H31ClN4O3/c1-6-23(31)29-9-8-19(14-29)30(7-2)22-12-18(26)11-20(17(22)5)24(32)27-13-21-15(3)10-16(4)28-25(21)33/h6,10-12,19H,1,7-9,13-14H2,2-5H3,(H,27,32)(H,28,33). The van der Waals surface area contributed by atoms with Crippen molar-refractivity contribution in [2.45, 2.75) is 46.7 Å². The van der Waals surface area contributed by atoms with E-state index in [-0.39, 0.29) is 30.0 Å². The van der Waals surface area contributed by atoms with E-state index in [1.807, 2.05) is 39.8 Å². The van der Waals surface area contributed by atoms with E-state index in [0.717, 1.165) is 28.9 Å². The molecule has 2 amide bonds. The molecule has 0 saturated carbocycles. The van der Waals surface area contributed by atoms with Gasteiger partial charge in [0, 0.05) is 59.8 Å². The number of hydrogen-bond donors (Lipinski definition) is 2. The van der Waals surface area contributed by atoms with Crippen molar-refractivity contribution in [2.75, 3.05) is 24.5 Å². The molecular formula is C25H31ClN4O3. The molecule has 1 aromatic heterocycles. The lowest BCUT2D eigenvalue weighted by Gasteiger charge is -2.32. The SMILES string of the molecule is C=CC(=O)N1CCC(N(CC)c2cc(Cl)cc(C(=O)NCc3c(C)cc(C)[nH]c3=O)c2C)C1. The Kier molecular flexibility index (Phi) is 7.64. The summed E-state index contributed by atoms with van der Waals surface area (Å²) in [6.45, 7) is 13.3. The van der Waals surface area contributed by atoms with E-state index in [2.05, 4.69) is 21.8 Å². The van der Waals surface area contributed by atoms with Crippen LogP contribution < -0.4 is 15.8 Å². The average molecular weight is 471 g/mol. The summed E-state index contributed by atoms with van der Waals surface area (Å²) >= 11 is 6.42. The van der Waals surface area contributed by atoms with Crippen LogP contribution in [0.5, 0.6) is 0 Å². The molecule has 1 aliphatic heterocycles. The summed E-state index contributed by atoms with van der Waals surface area (Å²) in [6.07, 6.45) is 2.17. The molecule has 1 unspecified atom stereocenters. The van der Waals surface area contributed by atoms with Gasteiger partial charge in [-0.15, -0.1) is 0 Å². The quantitative estimate of drug-likeness (QED) is 0.606. The van der Waals surface area contributed by atoms with Crippen molar-refractivity contribution in [2.24, 2.45) is 0 Å². The van der Waals surface area contributed by atoms with Crippen molar-refractivity contribution in [3.8, 4) is 0 Å². The first-order valence-electron chi connectivity index (χ1n) is 11.1. The molecule has 2 N–H and O–H groups in total. The smallest absolute Gasteiger partial charge is 0.253 e. The van der Waals surface area contributed by atoms with Gasteiger partial charge in [0.15, 0.2) is 0 Å². The number of aromatic amines is 1. The lowest BCUT2D eigenvalue weighted by atomic mass is 10.0. The normalized spacial score (nSPS) is 15.4. The van der Waals surface area contributed by atoms with Gasteiger partial charge in [0.05, 0.1) is 0 Å². The zero-order valence-electron chi connectivity index (χ0n) is 19.6. The molecular weight excluding hydrogens is 440 g/mol. The molecule has 2 heterocycles. The number of hydrogen-bond acceptors (Lipinski definition) is 4. The summed E-state index contributed by atoms with van der Waals surface area (Å²) in [6, 6.07) is 5.52. The molecule has 0 aliphatic carbocycles. The number of aromatic nitrogens is 1. The van der Waals surface area contributed by atoms with Gasteiger partial charge >= 0.3 is 0 Å². The summed E-state index contributed by atoms with van der Waals surface area (Å²) < 4.78 is 0. The molecule has 0 spiro atoms. The average Bonchev–Trinajstić information content (AvgIpc) is 3.24. The summed E-state index contributed by atoms with van der Waals surface area (Å²) in [7, 11) is 0. The second kappa shape index (κ2) is 10.3. The second-order valence-electron chi connectivity index (χ2n) is 8.44. The topological polar surface area (TPSA) is 85.5 Å². The highest BCUT2D eigenvalue weighted by Crippen LogP contribution is 2.31. The minimum atomic E-state index is -0.290. The number of likely N-dealkylation sites (tertiary alicyclic amines) is 1. The van der Waals surface area contributed by atoms with Gasteiger partial charge in [0.1, 0.15) is 0 Å². The van der Waals surface area contributed by atoms with Crippen LogP contribution in [0.2, 0.25) is 5.02 Å². The Morgan fingerprint density at radius 3 is 2.67 bits per heavy atom. The number of rotatable bonds is 7. The Morgan fingerprint density at radius 2 is 2.03 bits per heavy atom. The highest BCUT2D eigenvalue weighted by molar-refractivity contribution is 6.31. The Balaban J connectivity index is 1.84. The van der Waals surface area contributed by atoms with Crippen molar-refractivity contribution in [3.05, 3.63) is 74.2 Å². The van der Waals surface area contributed by atoms with E-state index >= 15 is 0 Å². The number of halogens is 1. The molecule has 1 fully saturated rings. The first-order chi connectivity index (χ1) is 15.7. The number of nitrogens with one attached hydrogen (secondary N) is 2. The first-order valence-corrected chi connectivity index (χ1v) is 11.5. The molecule has 8 heteroatoms. The van der Waals surface area contributed by atoms with Crippen LogP contribution in [-0.2, 0) is 11.3 Å². The van der Waals surface area contributed by atoms with E-state index in [1.54, 1.807) is 11.0 Å². The van der Waals surface area contributed by atoms with Gasteiger partial charge in [-0.3, -0.25) is 14.4 Å². The van der Waals surface area contributed by atoms with Gasteiger partial charge in [0.25, 0.3) is 11.5 Å². The maximum absolute atomic E-state index is 13.1. The van der Waals surface area contributed by atoms with Crippen LogP contribution >= 0.6 is 11.6 Å². The Morgan fingerprint density at radius 1 is 1.30 bits per heavy atom. The molecule has 1 saturated heterocycles. The Labute approximate surface area is 199 Å². The van der Waals surface area contributed by atoms with E-state index in [9.17, 15) is 14.4 Å². The third-order valence-electron chi connectivity index (χ3n) is 6.25. The molecule has 0 radical (unpaired) electrons. The van der Waals surface area contributed by atoms with Crippen molar-refractivity contribution in [1.82, 2.24) is 15.2 Å². The lowest BCUT2D eigenvalue weighted by molar-refractivity contribution is -0.125. The number of nitrogens with zero attached hydrogens (tertiary/aromatic N) is 2. The summed E-state index contributed by atoms with van der Waals surface area (Å²) in [5.74, 6) is -0.362. The summed E-state index contributed by atoms with van der Waals surface area (Å²) in [4.78, 5) is 44.1. The zero-order chi connectivity index (χ0) is 24.3. The third-order valence-corrected chi connectivity index (χ3v) is 6.47. The number of carbonyl (C=O) groups is 2. The van der Waals surface area contributed by atoms with Gasteiger partial charge in [-0.2, -0.15) is 0 Å². The first kappa shape index (κ1) is 24.6. The van der Waals surface area contributed by atoms with E-state index < -0.39 is 0 Å². The van der Waals surface area contributed by atoms with Gasteiger partial charge in [-0.05, 0) is 69.5 Å². The molecule has 1 aromatic carbocycles. The van der Waals surface area contributed by atoms with Crippen LogP contribution in [0.4, 0.5) is 5.69 Å². The van der Waals surface area contributed by atoms with Gasteiger partial charge in [-0.1, -0.05) is 18.2 Å². The Bertz CT molecular complexity index is 1140. The fourth-order valence-corrected chi connectivity index (χ4v) is 4.73. The van der Waals surface area contributed by atoms with Crippen LogP contribution in [-0.4, -0.2) is 47.4 Å². The maximum Gasteiger partial charge on any atom is 0.253 e. The number of carbonyl (C=O) groups excluding carboxylic acids is 2. The largest absolute Gasteiger partial charge is 0.367 e.